The van der Waals surface area contributed by atoms with Gasteiger partial charge in [-0.3, -0.25) is 4.79 Å². The third-order valence-corrected chi connectivity index (χ3v) is 6.70. The van der Waals surface area contributed by atoms with Crippen LogP contribution in [0.3, 0.4) is 0 Å². The number of fused-ring (bicyclic) bond motifs is 3. The maximum Gasteiger partial charge on any atom is 0.282 e. The van der Waals surface area contributed by atoms with Crippen LogP contribution in [0.15, 0.2) is 76.4 Å². The van der Waals surface area contributed by atoms with E-state index >= 15 is 0 Å². The molecule has 34 heavy (non-hydrogen) atoms. The summed E-state index contributed by atoms with van der Waals surface area (Å²) in [4.78, 5) is 13.4. The molecule has 2 aromatic carbocycles. The molecule has 6 rings (SSSR count). The molecular formula is C26H19BrFN5O. The van der Waals surface area contributed by atoms with Gasteiger partial charge in [0.15, 0.2) is 0 Å². The van der Waals surface area contributed by atoms with Crippen molar-refractivity contribution in [2.24, 2.45) is 0 Å². The summed E-state index contributed by atoms with van der Waals surface area (Å²) in [5, 5.41) is 10.8. The minimum atomic E-state index is -0.506. The summed E-state index contributed by atoms with van der Waals surface area (Å²) in [7, 11) is 0. The minimum absolute atomic E-state index is 0.123. The van der Waals surface area contributed by atoms with Crippen LogP contribution in [-0.4, -0.2) is 24.1 Å². The molecule has 0 amide bonds. The Balaban J connectivity index is 1.49. The molecule has 0 unspecified atom stereocenters. The lowest BCUT2D eigenvalue weighted by Gasteiger charge is -2.14. The van der Waals surface area contributed by atoms with E-state index in [9.17, 15) is 9.18 Å². The van der Waals surface area contributed by atoms with E-state index < -0.39 is 5.82 Å². The Morgan fingerprint density at radius 2 is 1.85 bits per heavy atom. The fourth-order valence-electron chi connectivity index (χ4n) is 4.45. The minimum Gasteiger partial charge on any atom is -0.342 e. The molecular weight excluding hydrogens is 497 g/mol. The fraction of sp³-hybridized carbons (Fsp3) is 0.115. The average molecular weight is 516 g/mol. The molecule has 0 atom stereocenters. The van der Waals surface area contributed by atoms with E-state index in [2.05, 4.69) is 55.0 Å². The van der Waals surface area contributed by atoms with Crippen LogP contribution in [0.4, 0.5) is 4.39 Å². The van der Waals surface area contributed by atoms with Gasteiger partial charge in [0, 0.05) is 40.2 Å². The third-order valence-electron chi connectivity index (χ3n) is 6.06. The average Bonchev–Trinajstić information content (AvgIpc) is 3.49. The highest BCUT2D eigenvalue weighted by atomic mass is 79.9. The Labute approximate surface area is 202 Å². The summed E-state index contributed by atoms with van der Waals surface area (Å²) in [6.07, 6.45) is 11.6. The molecule has 168 valence electrons. The van der Waals surface area contributed by atoms with E-state index in [-0.39, 0.29) is 11.2 Å². The number of halogens is 2. The van der Waals surface area contributed by atoms with Crippen LogP contribution in [0.2, 0.25) is 0 Å². The number of pyridine rings is 1. The molecule has 2 aliphatic heterocycles. The van der Waals surface area contributed by atoms with Gasteiger partial charge in [-0.05, 0) is 64.7 Å². The molecule has 0 saturated carbocycles. The van der Waals surface area contributed by atoms with E-state index in [1.54, 1.807) is 18.3 Å². The smallest absolute Gasteiger partial charge is 0.282 e. The topological polar surface area (TPSA) is 57.6 Å². The van der Waals surface area contributed by atoms with Crippen molar-refractivity contribution < 1.29 is 4.39 Å². The van der Waals surface area contributed by atoms with Gasteiger partial charge < -0.3 is 4.57 Å². The maximum atomic E-state index is 14.6. The van der Waals surface area contributed by atoms with Crippen molar-refractivity contribution in [2.45, 2.75) is 19.4 Å². The van der Waals surface area contributed by atoms with Crippen molar-refractivity contribution in [1.29, 1.82) is 0 Å². The quantitative estimate of drug-likeness (QED) is 0.367. The highest BCUT2D eigenvalue weighted by molar-refractivity contribution is 9.10. The van der Waals surface area contributed by atoms with Crippen molar-refractivity contribution in [1.82, 2.24) is 24.1 Å². The lowest BCUT2D eigenvalue weighted by Crippen LogP contribution is -2.39. The van der Waals surface area contributed by atoms with Crippen LogP contribution in [0.25, 0.3) is 34.8 Å². The van der Waals surface area contributed by atoms with E-state index in [1.165, 1.54) is 6.07 Å². The molecule has 0 radical (unpaired) electrons. The summed E-state index contributed by atoms with van der Waals surface area (Å²) in [6.45, 7) is 0.593. The second kappa shape index (κ2) is 8.22. The molecule has 0 spiro atoms. The highest BCUT2D eigenvalue weighted by Crippen LogP contribution is 2.24. The lowest BCUT2D eigenvalue weighted by molar-refractivity contribution is 0.607. The molecule has 1 aliphatic carbocycles. The summed E-state index contributed by atoms with van der Waals surface area (Å²) in [5.41, 5.74) is 2.92. The monoisotopic (exact) mass is 515 g/mol. The second-order valence-corrected chi connectivity index (χ2v) is 9.06. The van der Waals surface area contributed by atoms with Crippen LogP contribution in [0, 0.1) is 5.82 Å². The summed E-state index contributed by atoms with van der Waals surface area (Å²) < 4.78 is 20.2. The molecule has 8 heteroatoms. The van der Waals surface area contributed by atoms with Crippen molar-refractivity contribution in [3.8, 4) is 22.6 Å². The first-order valence-corrected chi connectivity index (χ1v) is 11.8. The molecule has 0 bridgehead atoms. The molecule has 3 aromatic rings. The van der Waals surface area contributed by atoms with Gasteiger partial charge in [-0.1, -0.05) is 30.4 Å². The molecule has 0 fully saturated rings. The number of rotatable bonds is 4. The lowest BCUT2D eigenvalue weighted by atomic mass is 10.1. The second-order valence-electron chi connectivity index (χ2n) is 8.21. The molecule has 3 heterocycles. The Morgan fingerprint density at radius 3 is 2.62 bits per heavy atom. The molecule has 6 nitrogen and oxygen atoms in total. The molecule has 3 aliphatic rings. The summed E-state index contributed by atoms with van der Waals surface area (Å²) in [5.74, 6) is -0.506. The van der Waals surface area contributed by atoms with Crippen LogP contribution in [0.1, 0.15) is 18.4 Å². The zero-order valence-corrected chi connectivity index (χ0v) is 19.6. The van der Waals surface area contributed by atoms with Gasteiger partial charge in [-0.15, -0.1) is 0 Å². The number of nitrogens with zero attached hydrogens (tertiary/aromatic N) is 5. The highest BCUT2D eigenvalue weighted by Gasteiger charge is 2.23. The number of para-hydroxylation sites is 1. The van der Waals surface area contributed by atoms with E-state index in [1.807, 2.05) is 35.3 Å². The Kier molecular flexibility index (Phi) is 5.03. The molecule has 0 N–H and O–H groups in total. The van der Waals surface area contributed by atoms with Crippen molar-refractivity contribution in [2.75, 3.05) is 0 Å². The van der Waals surface area contributed by atoms with E-state index in [4.69, 9.17) is 0 Å². The Hall–Kier alpha value is -3.78. The van der Waals surface area contributed by atoms with E-state index in [0.717, 1.165) is 39.3 Å². The molecule has 1 aromatic heterocycles. The van der Waals surface area contributed by atoms with Gasteiger partial charge in [-0.2, -0.15) is 14.9 Å². The van der Waals surface area contributed by atoms with Crippen LogP contribution >= 0.6 is 15.9 Å². The number of benzene rings is 2. The zero-order chi connectivity index (χ0) is 23.2. The normalized spacial score (nSPS) is 12.9. The van der Waals surface area contributed by atoms with Gasteiger partial charge >= 0.3 is 0 Å². The van der Waals surface area contributed by atoms with Crippen LogP contribution in [-0.2, 0) is 6.54 Å². The Morgan fingerprint density at radius 1 is 1.03 bits per heavy atom. The van der Waals surface area contributed by atoms with Gasteiger partial charge in [0.2, 0.25) is 0 Å². The van der Waals surface area contributed by atoms with Gasteiger partial charge in [-0.25, -0.2) is 9.07 Å². The predicted molar refractivity (Wildman–Crippen MR) is 132 cm³/mol. The first-order valence-electron chi connectivity index (χ1n) is 11.0. The zero-order valence-electron chi connectivity index (χ0n) is 18.0. The Bertz CT molecular complexity index is 1650. The SMILES string of the molecule is O=c1c2cn(Cc3ccc(-n4cccn4)cc3)c3c(c-2nn1-c1c(F)cccc1Br)=CCCC=3. The number of hydrogen-bond acceptors (Lipinski definition) is 3. The van der Waals surface area contributed by atoms with Crippen LogP contribution in [0.5, 0.6) is 0 Å². The molecule has 0 saturated heterocycles. The first kappa shape index (κ1) is 20.8. The van der Waals surface area contributed by atoms with Crippen molar-refractivity contribution in [3.05, 3.63) is 104 Å². The van der Waals surface area contributed by atoms with Crippen LogP contribution < -0.4 is 16.1 Å². The first-order chi connectivity index (χ1) is 16.6. The van der Waals surface area contributed by atoms with Crippen molar-refractivity contribution >= 4 is 28.1 Å². The van der Waals surface area contributed by atoms with E-state index in [0.29, 0.717) is 22.3 Å². The van der Waals surface area contributed by atoms with Gasteiger partial charge in [0.05, 0.1) is 11.3 Å². The van der Waals surface area contributed by atoms with Gasteiger partial charge in [0.25, 0.3) is 5.56 Å². The summed E-state index contributed by atoms with van der Waals surface area (Å²) >= 11 is 3.36. The number of aromatic nitrogens is 5. The predicted octanol–water partition coefficient (Wildman–Crippen LogP) is 3.63. The largest absolute Gasteiger partial charge is 0.342 e. The third kappa shape index (κ3) is 3.42. The van der Waals surface area contributed by atoms with Gasteiger partial charge in [0.1, 0.15) is 17.2 Å². The maximum absolute atomic E-state index is 14.6. The number of hydrogen-bond donors (Lipinski definition) is 0. The standard InChI is InChI=1S/C26H19BrFN5O/c27-21-6-3-7-22(28)25(21)33-26(34)20-16-31(23-8-2-1-5-19(23)24(20)30-33)15-17-9-11-18(12-10-17)32-14-4-13-29-32/h3-14,16H,1-2,15H2. The summed E-state index contributed by atoms with van der Waals surface area (Å²) in [6, 6.07) is 14.7. The fourth-order valence-corrected chi connectivity index (χ4v) is 4.96. The van der Waals surface area contributed by atoms with Crippen molar-refractivity contribution in [3.63, 3.8) is 0 Å².